The van der Waals surface area contributed by atoms with Gasteiger partial charge in [-0.1, -0.05) is 11.6 Å². The first-order valence-electron chi connectivity index (χ1n) is 11.9. The second-order valence-electron chi connectivity index (χ2n) is 10.1. The Bertz CT molecular complexity index is 992. The van der Waals surface area contributed by atoms with Gasteiger partial charge in [-0.25, -0.2) is 9.78 Å². The van der Waals surface area contributed by atoms with E-state index in [1.165, 1.54) is 11.3 Å². The standard InChI is InChI=1S/C25H33ClN4O3S/c1-25(2,3)33-24(32)30-13-8-18(9-14-30)17-6-11-29(12-7-17)19-4-5-20(21(26)16-19)22(31)28-23-27-10-15-34-23/h4-5,10,15-18H,6-9,11-14H2,1-3H3,(H,27,28,31). The van der Waals surface area contributed by atoms with Crippen LogP contribution < -0.4 is 10.2 Å². The maximum absolute atomic E-state index is 12.5. The van der Waals surface area contributed by atoms with E-state index in [9.17, 15) is 9.59 Å². The number of benzene rings is 1. The van der Waals surface area contributed by atoms with Crippen molar-refractivity contribution in [2.24, 2.45) is 11.8 Å². The van der Waals surface area contributed by atoms with Gasteiger partial charge in [0.25, 0.3) is 5.91 Å². The normalized spacial score (nSPS) is 18.1. The van der Waals surface area contributed by atoms with Crippen LogP contribution in [0.5, 0.6) is 0 Å². The van der Waals surface area contributed by atoms with Crippen LogP contribution in [0.15, 0.2) is 29.8 Å². The maximum atomic E-state index is 12.5. The van der Waals surface area contributed by atoms with Crippen LogP contribution in [-0.4, -0.2) is 53.7 Å². The number of hydrogen-bond acceptors (Lipinski definition) is 6. The minimum absolute atomic E-state index is 0.193. The number of hydrogen-bond donors (Lipinski definition) is 1. The molecule has 3 heterocycles. The van der Waals surface area contributed by atoms with E-state index in [0.717, 1.165) is 57.5 Å². The van der Waals surface area contributed by atoms with Gasteiger partial charge in [-0.05, 0) is 76.5 Å². The van der Waals surface area contributed by atoms with Crippen molar-refractivity contribution in [3.63, 3.8) is 0 Å². The molecule has 2 aromatic rings. The average molecular weight is 505 g/mol. The highest BCUT2D eigenvalue weighted by atomic mass is 35.5. The molecule has 0 saturated carbocycles. The van der Waals surface area contributed by atoms with Crippen molar-refractivity contribution in [2.75, 3.05) is 36.4 Å². The topological polar surface area (TPSA) is 74.8 Å². The van der Waals surface area contributed by atoms with E-state index < -0.39 is 5.60 Å². The Kier molecular flexibility index (Phi) is 7.67. The molecule has 0 spiro atoms. The molecular formula is C25H33ClN4O3S. The number of nitrogens with one attached hydrogen (secondary N) is 1. The minimum atomic E-state index is -0.451. The zero-order valence-electron chi connectivity index (χ0n) is 20.1. The number of anilines is 2. The van der Waals surface area contributed by atoms with Crippen LogP contribution in [-0.2, 0) is 4.74 Å². The summed E-state index contributed by atoms with van der Waals surface area (Å²) in [6.45, 7) is 9.21. The number of amides is 2. The fourth-order valence-electron chi connectivity index (χ4n) is 4.84. The molecule has 0 atom stereocenters. The number of nitrogens with zero attached hydrogens (tertiary/aromatic N) is 3. The molecule has 7 nitrogen and oxygen atoms in total. The van der Waals surface area contributed by atoms with E-state index in [0.29, 0.717) is 27.6 Å². The Morgan fingerprint density at radius 1 is 1.09 bits per heavy atom. The lowest BCUT2D eigenvalue weighted by molar-refractivity contribution is 0.0152. The van der Waals surface area contributed by atoms with E-state index in [1.807, 2.05) is 43.2 Å². The molecule has 0 radical (unpaired) electrons. The Labute approximate surface area is 210 Å². The van der Waals surface area contributed by atoms with Gasteiger partial charge in [0.15, 0.2) is 5.13 Å². The van der Waals surface area contributed by atoms with Gasteiger partial charge in [0.1, 0.15) is 5.60 Å². The first-order chi connectivity index (χ1) is 16.2. The summed E-state index contributed by atoms with van der Waals surface area (Å²) in [6, 6.07) is 5.65. The molecule has 2 aliphatic heterocycles. The highest BCUT2D eigenvalue weighted by Gasteiger charge is 2.32. The molecule has 34 heavy (non-hydrogen) atoms. The summed E-state index contributed by atoms with van der Waals surface area (Å²) in [5, 5.41) is 5.60. The first-order valence-corrected chi connectivity index (χ1v) is 13.2. The van der Waals surface area contributed by atoms with Crippen molar-refractivity contribution in [3.8, 4) is 0 Å². The molecule has 184 valence electrons. The summed E-state index contributed by atoms with van der Waals surface area (Å²) < 4.78 is 5.52. The number of halogens is 1. The summed E-state index contributed by atoms with van der Waals surface area (Å²) in [5.41, 5.74) is 1.05. The number of carbonyl (C=O) groups is 2. The summed E-state index contributed by atoms with van der Waals surface area (Å²) in [7, 11) is 0. The Morgan fingerprint density at radius 3 is 2.29 bits per heavy atom. The fourth-order valence-corrected chi connectivity index (χ4v) is 5.63. The molecule has 4 rings (SSSR count). The van der Waals surface area contributed by atoms with Gasteiger partial charge in [0.05, 0.1) is 10.6 Å². The van der Waals surface area contributed by atoms with E-state index in [2.05, 4.69) is 15.2 Å². The van der Waals surface area contributed by atoms with Crippen molar-refractivity contribution < 1.29 is 14.3 Å². The first kappa shape index (κ1) is 24.8. The van der Waals surface area contributed by atoms with Gasteiger partial charge in [0, 0.05) is 43.4 Å². The lowest BCUT2D eigenvalue weighted by atomic mass is 9.79. The van der Waals surface area contributed by atoms with Gasteiger partial charge < -0.3 is 14.5 Å². The molecule has 1 N–H and O–H groups in total. The number of carbonyl (C=O) groups excluding carboxylic acids is 2. The van der Waals surface area contributed by atoms with Gasteiger partial charge >= 0.3 is 6.09 Å². The average Bonchev–Trinajstić information content (AvgIpc) is 3.31. The number of likely N-dealkylation sites (tertiary alicyclic amines) is 1. The van der Waals surface area contributed by atoms with E-state index in [-0.39, 0.29) is 12.0 Å². The fraction of sp³-hybridized carbons (Fsp3) is 0.560. The van der Waals surface area contributed by atoms with E-state index in [1.54, 1.807) is 12.3 Å². The third kappa shape index (κ3) is 6.21. The number of rotatable bonds is 4. The molecule has 2 amide bonds. The number of aromatic nitrogens is 1. The monoisotopic (exact) mass is 504 g/mol. The summed E-state index contributed by atoms with van der Waals surface area (Å²) in [5.74, 6) is 1.08. The van der Waals surface area contributed by atoms with Crippen LogP contribution in [0.3, 0.4) is 0 Å². The third-order valence-corrected chi connectivity index (χ3v) is 7.61. The highest BCUT2D eigenvalue weighted by molar-refractivity contribution is 7.13. The summed E-state index contributed by atoms with van der Waals surface area (Å²) in [6.07, 6.45) is 5.79. The van der Waals surface area contributed by atoms with Gasteiger partial charge in [0.2, 0.25) is 0 Å². The molecule has 0 aliphatic carbocycles. The lowest BCUT2D eigenvalue weighted by Gasteiger charge is -2.41. The predicted octanol–water partition coefficient (Wildman–Crippen LogP) is 5.91. The molecule has 2 aliphatic rings. The highest BCUT2D eigenvalue weighted by Crippen LogP contribution is 2.35. The van der Waals surface area contributed by atoms with Crippen molar-refractivity contribution in [2.45, 2.75) is 52.1 Å². The summed E-state index contributed by atoms with van der Waals surface area (Å²) >= 11 is 7.84. The minimum Gasteiger partial charge on any atom is -0.444 e. The second kappa shape index (κ2) is 10.5. The second-order valence-corrected chi connectivity index (χ2v) is 11.4. The SMILES string of the molecule is CC(C)(C)OC(=O)N1CCC(C2CCN(c3ccc(C(=O)Nc4nccs4)c(Cl)c3)CC2)CC1. The van der Waals surface area contributed by atoms with Crippen LogP contribution in [0.2, 0.25) is 5.02 Å². The third-order valence-electron chi connectivity index (χ3n) is 6.61. The molecule has 0 bridgehead atoms. The Hall–Kier alpha value is -2.32. The Balaban J connectivity index is 1.27. The van der Waals surface area contributed by atoms with Crippen LogP contribution in [0.4, 0.5) is 15.6 Å². The van der Waals surface area contributed by atoms with Gasteiger partial charge in [-0.15, -0.1) is 11.3 Å². The molecule has 2 saturated heterocycles. The quantitative estimate of drug-likeness (QED) is 0.560. The van der Waals surface area contributed by atoms with Gasteiger partial charge in [-0.2, -0.15) is 0 Å². The molecule has 9 heteroatoms. The lowest BCUT2D eigenvalue weighted by Crippen LogP contribution is -2.44. The molecule has 2 fully saturated rings. The van der Waals surface area contributed by atoms with E-state index >= 15 is 0 Å². The van der Waals surface area contributed by atoms with Crippen molar-refractivity contribution >= 4 is 45.8 Å². The summed E-state index contributed by atoms with van der Waals surface area (Å²) in [4.78, 5) is 33.1. The smallest absolute Gasteiger partial charge is 0.410 e. The van der Waals surface area contributed by atoms with Crippen LogP contribution in [0.25, 0.3) is 0 Å². The number of thiazole rings is 1. The Morgan fingerprint density at radius 2 is 1.74 bits per heavy atom. The largest absolute Gasteiger partial charge is 0.444 e. The molecule has 0 unspecified atom stereocenters. The molecule has 1 aromatic carbocycles. The zero-order valence-corrected chi connectivity index (χ0v) is 21.6. The number of ether oxygens (including phenoxy) is 1. The van der Waals surface area contributed by atoms with Gasteiger partial charge in [-0.3, -0.25) is 10.1 Å². The van der Waals surface area contributed by atoms with E-state index in [4.69, 9.17) is 16.3 Å². The van der Waals surface area contributed by atoms with Crippen molar-refractivity contribution in [1.82, 2.24) is 9.88 Å². The van der Waals surface area contributed by atoms with Crippen molar-refractivity contribution in [3.05, 3.63) is 40.4 Å². The molecule has 1 aromatic heterocycles. The van der Waals surface area contributed by atoms with Crippen molar-refractivity contribution in [1.29, 1.82) is 0 Å². The van der Waals surface area contributed by atoms with Crippen LogP contribution in [0, 0.1) is 11.8 Å². The zero-order chi connectivity index (χ0) is 24.3. The predicted molar refractivity (Wildman–Crippen MR) is 137 cm³/mol. The van der Waals surface area contributed by atoms with Crippen LogP contribution in [0.1, 0.15) is 56.8 Å². The molecular weight excluding hydrogens is 472 g/mol. The van der Waals surface area contributed by atoms with Crippen LogP contribution >= 0.6 is 22.9 Å². The number of piperidine rings is 2. The maximum Gasteiger partial charge on any atom is 0.410 e.